The first kappa shape index (κ1) is 16.5. The topological polar surface area (TPSA) is 29.5 Å². The number of ether oxygens (including phenoxy) is 1. The lowest BCUT2D eigenvalue weighted by Crippen LogP contribution is -2.50. The van der Waals surface area contributed by atoms with Gasteiger partial charge in [-0.25, -0.2) is 9.18 Å². The number of hydrogen-bond donors (Lipinski definition) is 0. The zero-order valence-electron chi connectivity index (χ0n) is 14.3. The molecule has 2 aromatic rings. The minimum absolute atomic E-state index is 0.233. The molecule has 1 heterocycles. The van der Waals surface area contributed by atoms with Gasteiger partial charge in [0.25, 0.3) is 0 Å². The van der Waals surface area contributed by atoms with Crippen molar-refractivity contribution >= 4 is 6.09 Å². The molecular formula is C20H22FNO2. The van der Waals surface area contributed by atoms with Crippen LogP contribution in [0.4, 0.5) is 9.18 Å². The van der Waals surface area contributed by atoms with Crippen molar-refractivity contribution in [3.8, 4) is 11.1 Å². The molecule has 0 N–H and O–H groups in total. The Hall–Kier alpha value is -2.36. The normalized spacial score (nSPS) is 15.1. The molecule has 1 fully saturated rings. The van der Waals surface area contributed by atoms with Crippen LogP contribution in [0.25, 0.3) is 11.1 Å². The van der Waals surface area contributed by atoms with Crippen LogP contribution >= 0.6 is 0 Å². The number of likely N-dealkylation sites (tertiary alicyclic amines) is 1. The van der Waals surface area contributed by atoms with Gasteiger partial charge in [0.2, 0.25) is 0 Å². The molecule has 2 aromatic carbocycles. The van der Waals surface area contributed by atoms with E-state index in [4.69, 9.17) is 4.74 Å². The van der Waals surface area contributed by atoms with Gasteiger partial charge in [0, 0.05) is 19.0 Å². The van der Waals surface area contributed by atoms with Gasteiger partial charge < -0.3 is 9.64 Å². The van der Waals surface area contributed by atoms with Gasteiger partial charge in [-0.1, -0.05) is 36.4 Å². The summed E-state index contributed by atoms with van der Waals surface area (Å²) in [5.74, 6) is 0.0997. The molecule has 0 radical (unpaired) electrons. The van der Waals surface area contributed by atoms with Crippen LogP contribution in [0.15, 0.2) is 48.5 Å². The Bertz CT molecular complexity index is 728. The highest BCUT2D eigenvalue weighted by molar-refractivity contribution is 5.70. The highest BCUT2D eigenvalue weighted by Gasteiger charge is 2.34. The number of hydrogen-bond acceptors (Lipinski definition) is 2. The van der Waals surface area contributed by atoms with E-state index in [-0.39, 0.29) is 11.9 Å². The minimum atomic E-state index is -0.464. The quantitative estimate of drug-likeness (QED) is 0.791. The van der Waals surface area contributed by atoms with E-state index in [1.54, 1.807) is 11.0 Å². The molecule has 3 rings (SSSR count). The van der Waals surface area contributed by atoms with Gasteiger partial charge >= 0.3 is 6.09 Å². The number of halogens is 1. The Morgan fingerprint density at radius 1 is 1.08 bits per heavy atom. The number of benzene rings is 2. The Balaban J connectivity index is 1.61. The third-order valence-corrected chi connectivity index (χ3v) is 4.07. The summed E-state index contributed by atoms with van der Waals surface area (Å²) in [5, 5.41) is 0. The summed E-state index contributed by atoms with van der Waals surface area (Å²) >= 11 is 0. The second-order valence-corrected chi connectivity index (χ2v) is 7.21. The van der Waals surface area contributed by atoms with E-state index in [9.17, 15) is 9.18 Å². The average Bonchev–Trinajstić information content (AvgIpc) is 2.44. The van der Waals surface area contributed by atoms with Crippen molar-refractivity contribution in [3.63, 3.8) is 0 Å². The average molecular weight is 327 g/mol. The van der Waals surface area contributed by atoms with E-state index in [0.29, 0.717) is 19.0 Å². The predicted octanol–water partition coefficient (Wildman–Crippen LogP) is 4.83. The van der Waals surface area contributed by atoms with Crippen LogP contribution in [-0.2, 0) is 4.74 Å². The molecule has 0 spiro atoms. The van der Waals surface area contributed by atoms with Crippen molar-refractivity contribution in [1.82, 2.24) is 4.90 Å². The molecule has 0 aliphatic carbocycles. The lowest BCUT2D eigenvalue weighted by molar-refractivity contribution is 0.00820. The summed E-state index contributed by atoms with van der Waals surface area (Å²) in [4.78, 5) is 13.7. The van der Waals surface area contributed by atoms with Crippen LogP contribution in [0, 0.1) is 5.82 Å². The van der Waals surface area contributed by atoms with Gasteiger partial charge in [0.1, 0.15) is 11.4 Å². The van der Waals surface area contributed by atoms with Crippen LogP contribution < -0.4 is 0 Å². The summed E-state index contributed by atoms with van der Waals surface area (Å²) in [6, 6.07) is 14.7. The van der Waals surface area contributed by atoms with E-state index in [0.717, 1.165) is 11.1 Å². The van der Waals surface area contributed by atoms with Crippen molar-refractivity contribution in [2.45, 2.75) is 32.3 Å². The van der Waals surface area contributed by atoms with Gasteiger partial charge in [-0.15, -0.1) is 0 Å². The monoisotopic (exact) mass is 327 g/mol. The zero-order chi connectivity index (χ0) is 17.3. The van der Waals surface area contributed by atoms with Crippen LogP contribution in [-0.4, -0.2) is 29.7 Å². The first-order chi connectivity index (χ1) is 11.3. The maximum Gasteiger partial charge on any atom is 0.410 e. The standard InChI is InChI=1S/C20H22FNO2/c1-20(2,3)24-19(23)22-12-17(13-22)15-9-7-14(8-10-15)16-5-4-6-18(21)11-16/h4-11,17H,12-13H2,1-3H3. The Labute approximate surface area is 142 Å². The summed E-state index contributed by atoms with van der Waals surface area (Å²) in [7, 11) is 0. The fourth-order valence-electron chi connectivity index (χ4n) is 2.78. The highest BCUT2D eigenvalue weighted by atomic mass is 19.1. The molecule has 1 amide bonds. The Morgan fingerprint density at radius 3 is 2.33 bits per heavy atom. The molecule has 0 bridgehead atoms. The summed E-state index contributed by atoms with van der Waals surface area (Å²) in [6.07, 6.45) is -0.255. The summed E-state index contributed by atoms with van der Waals surface area (Å²) in [5.41, 5.74) is 2.58. The maximum absolute atomic E-state index is 13.3. The smallest absolute Gasteiger partial charge is 0.410 e. The molecule has 1 aliphatic heterocycles. The molecule has 0 saturated carbocycles. The van der Waals surface area contributed by atoms with Crippen molar-refractivity contribution in [3.05, 3.63) is 59.9 Å². The molecule has 3 nitrogen and oxygen atoms in total. The van der Waals surface area contributed by atoms with Crippen molar-refractivity contribution < 1.29 is 13.9 Å². The van der Waals surface area contributed by atoms with E-state index in [2.05, 4.69) is 12.1 Å². The van der Waals surface area contributed by atoms with Gasteiger partial charge in [0.05, 0.1) is 0 Å². The molecule has 0 unspecified atom stereocenters. The van der Waals surface area contributed by atoms with Gasteiger partial charge in [-0.2, -0.15) is 0 Å². The lowest BCUT2D eigenvalue weighted by Gasteiger charge is -2.40. The SMILES string of the molecule is CC(C)(C)OC(=O)N1CC(c2ccc(-c3cccc(F)c3)cc2)C1. The molecule has 1 aliphatic rings. The zero-order valence-corrected chi connectivity index (χ0v) is 14.3. The van der Waals surface area contributed by atoms with E-state index >= 15 is 0 Å². The van der Waals surface area contributed by atoms with E-state index in [1.807, 2.05) is 39.0 Å². The number of nitrogens with zero attached hydrogens (tertiary/aromatic N) is 1. The minimum Gasteiger partial charge on any atom is -0.444 e. The maximum atomic E-state index is 13.3. The summed E-state index contributed by atoms with van der Waals surface area (Å²) in [6.45, 7) is 6.95. The van der Waals surface area contributed by atoms with Gasteiger partial charge in [-0.3, -0.25) is 0 Å². The van der Waals surface area contributed by atoms with Crippen LogP contribution in [0.5, 0.6) is 0 Å². The lowest BCUT2D eigenvalue weighted by atomic mass is 9.90. The second-order valence-electron chi connectivity index (χ2n) is 7.21. The molecule has 4 heteroatoms. The Morgan fingerprint density at radius 2 is 1.75 bits per heavy atom. The second kappa shape index (κ2) is 6.27. The van der Waals surface area contributed by atoms with Gasteiger partial charge in [-0.05, 0) is 49.6 Å². The molecule has 0 aromatic heterocycles. The number of amides is 1. The van der Waals surface area contributed by atoms with Crippen molar-refractivity contribution in [2.24, 2.45) is 0 Å². The number of carbonyl (C=O) groups excluding carboxylic acids is 1. The fourth-order valence-corrected chi connectivity index (χ4v) is 2.78. The molecule has 0 atom stereocenters. The largest absolute Gasteiger partial charge is 0.444 e. The van der Waals surface area contributed by atoms with Crippen molar-refractivity contribution in [1.29, 1.82) is 0 Å². The highest BCUT2D eigenvalue weighted by Crippen LogP contribution is 2.30. The number of rotatable bonds is 2. The van der Waals surface area contributed by atoms with Crippen LogP contribution in [0.2, 0.25) is 0 Å². The van der Waals surface area contributed by atoms with E-state index < -0.39 is 5.60 Å². The summed E-state index contributed by atoms with van der Waals surface area (Å²) < 4.78 is 18.7. The van der Waals surface area contributed by atoms with E-state index in [1.165, 1.54) is 17.7 Å². The van der Waals surface area contributed by atoms with Gasteiger partial charge in [0.15, 0.2) is 0 Å². The number of carbonyl (C=O) groups is 1. The molecule has 24 heavy (non-hydrogen) atoms. The van der Waals surface area contributed by atoms with Crippen LogP contribution in [0.3, 0.4) is 0 Å². The third-order valence-electron chi connectivity index (χ3n) is 4.07. The third kappa shape index (κ3) is 3.75. The Kier molecular flexibility index (Phi) is 4.31. The molecule has 126 valence electrons. The van der Waals surface area contributed by atoms with Crippen molar-refractivity contribution in [2.75, 3.05) is 13.1 Å². The molecule has 1 saturated heterocycles. The first-order valence-electron chi connectivity index (χ1n) is 8.16. The predicted molar refractivity (Wildman–Crippen MR) is 92.4 cm³/mol. The molecular weight excluding hydrogens is 305 g/mol. The van der Waals surface area contributed by atoms with Crippen LogP contribution in [0.1, 0.15) is 32.3 Å². The first-order valence-corrected chi connectivity index (χ1v) is 8.16. The fraction of sp³-hybridized carbons (Fsp3) is 0.350.